The van der Waals surface area contributed by atoms with Crippen LogP contribution in [0.2, 0.25) is 0 Å². The fourth-order valence-corrected chi connectivity index (χ4v) is 2.48. The third kappa shape index (κ3) is 2.58. The highest BCUT2D eigenvalue weighted by atomic mass is 19.1. The highest BCUT2D eigenvalue weighted by Crippen LogP contribution is 2.25. The zero-order valence-corrected chi connectivity index (χ0v) is 11.1. The van der Waals surface area contributed by atoms with Crippen LogP contribution >= 0.6 is 0 Å². The minimum Gasteiger partial charge on any atom is -0.461 e. The van der Waals surface area contributed by atoms with Gasteiger partial charge >= 0.3 is 0 Å². The summed E-state index contributed by atoms with van der Waals surface area (Å²) in [5.74, 6) is 0.801. The van der Waals surface area contributed by atoms with Crippen molar-refractivity contribution in [3.63, 3.8) is 0 Å². The summed E-state index contributed by atoms with van der Waals surface area (Å²) in [6.07, 6.45) is 0.719. The molecular weight excluding hydrogens is 253 g/mol. The monoisotopic (exact) mass is 269 g/mol. The first-order valence-electron chi connectivity index (χ1n) is 6.69. The highest BCUT2D eigenvalue weighted by molar-refractivity contribution is 5.77. The molecule has 0 saturated heterocycles. The Morgan fingerprint density at radius 3 is 2.60 bits per heavy atom. The summed E-state index contributed by atoms with van der Waals surface area (Å²) in [6.45, 7) is 0.551. The average Bonchev–Trinajstić information content (AvgIpc) is 2.87. The Labute approximate surface area is 117 Å². The number of benzene rings is 2. The summed E-state index contributed by atoms with van der Waals surface area (Å²) in [5, 5.41) is 0.795. The molecule has 2 nitrogen and oxygen atoms in total. The van der Waals surface area contributed by atoms with Gasteiger partial charge in [-0.1, -0.05) is 30.3 Å². The van der Waals surface area contributed by atoms with E-state index in [0.717, 1.165) is 17.6 Å². The van der Waals surface area contributed by atoms with E-state index in [1.54, 1.807) is 6.07 Å². The molecule has 2 aromatic carbocycles. The van der Waals surface area contributed by atoms with E-state index in [9.17, 15) is 4.39 Å². The molecule has 102 valence electrons. The molecule has 3 aromatic rings. The normalized spacial score (nSPS) is 12.7. The topological polar surface area (TPSA) is 39.2 Å². The molecule has 0 saturated carbocycles. The van der Waals surface area contributed by atoms with Gasteiger partial charge in [0, 0.05) is 17.7 Å². The number of hydrogen-bond acceptors (Lipinski definition) is 2. The Bertz CT molecular complexity index is 705. The first-order valence-corrected chi connectivity index (χ1v) is 6.69. The van der Waals surface area contributed by atoms with Crippen LogP contribution in [0.4, 0.5) is 4.39 Å². The summed E-state index contributed by atoms with van der Waals surface area (Å²) in [6, 6.07) is 16.6. The molecule has 0 amide bonds. The van der Waals surface area contributed by atoms with Crippen molar-refractivity contribution in [3.8, 4) is 0 Å². The molecule has 0 radical (unpaired) electrons. The van der Waals surface area contributed by atoms with Crippen molar-refractivity contribution < 1.29 is 8.81 Å². The largest absolute Gasteiger partial charge is 0.461 e. The molecule has 0 aliphatic carbocycles. The first kappa shape index (κ1) is 12.9. The van der Waals surface area contributed by atoms with Crippen LogP contribution in [0.25, 0.3) is 11.0 Å². The lowest BCUT2D eigenvalue weighted by Gasteiger charge is -2.13. The van der Waals surface area contributed by atoms with E-state index < -0.39 is 0 Å². The van der Waals surface area contributed by atoms with E-state index in [1.807, 2.05) is 24.3 Å². The van der Waals surface area contributed by atoms with E-state index >= 15 is 0 Å². The van der Waals surface area contributed by atoms with Gasteiger partial charge in [-0.25, -0.2) is 4.39 Å². The van der Waals surface area contributed by atoms with Gasteiger partial charge in [0.05, 0.1) is 0 Å². The van der Waals surface area contributed by atoms with Gasteiger partial charge in [-0.15, -0.1) is 0 Å². The summed E-state index contributed by atoms with van der Waals surface area (Å²) in [7, 11) is 0. The van der Waals surface area contributed by atoms with Crippen molar-refractivity contribution >= 4 is 11.0 Å². The van der Waals surface area contributed by atoms with Gasteiger partial charge in [0.1, 0.15) is 17.2 Å². The van der Waals surface area contributed by atoms with E-state index in [2.05, 4.69) is 12.1 Å². The van der Waals surface area contributed by atoms with Gasteiger partial charge in [-0.05, 0) is 36.4 Å². The number of nitrogens with two attached hydrogens (primary N) is 1. The molecule has 0 fully saturated rings. The van der Waals surface area contributed by atoms with E-state index in [-0.39, 0.29) is 11.7 Å². The molecule has 20 heavy (non-hydrogen) atoms. The highest BCUT2D eigenvalue weighted by Gasteiger charge is 2.13. The molecule has 0 aliphatic rings. The van der Waals surface area contributed by atoms with Crippen LogP contribution in [0.15, 0.2) is 59.0 Å². The van der Waals surface area contributed by atoms with Crippen molar-refractivity contribution in [2.24, 2.45) is 5.73 Å². The molecule has 0 bridgehead atoms. The van der Waals surface area contributed by atoms with Crippen molar-refractivity contribution in [3.05, 3.63) is 71.7 Å². The molecule has 1 atom stereocenters. The maximum Gasteiger partial charge on any atom is 0.134 e. The molecule has 0 spiro atoms. The smallest absolute Gasteiger partial charge is 0.134 e. The summed E-state index contributed by atoms with van der Waals surface area (Å²) >= 11 is 0. The van der Waals surface area contributed by atoms with Crippen molar-refractivity contribution in [1.29, 1.82) is 0 Å². The SMILES string of the molecule is NCC(Cc1cc2cc(F)ccc2o1)c1ccccc1. The number of halogens is 1. The zero-order chi connectivity index (χ0) is 13.9. The van der Waals surface area contributed by atoms with Gasteiger partial charge in [0.25, 0.3) is 0 Å². The van der Waals surface area contributed by atoms with E-state index in [0.29, 0.717) is 12.1 Å². The van der Waals surface area contributed by atoms with Crippen LogP contribution in [0.3, 0.4) is 0 Å². The Morgan fingerprint density at radius 1 is 1.05 bits per heavy atom. The number of fused-ring (bicyclic) bond motifs is 1. The Hall–Kier alpha value is -2.13. The molecule has 3 heteroatoms. The van der Waals surface area contributed by atoms with Gasteiger partial charge in [0.15, 0.2) is 0 Å². The lowest BCUT2D eigenvalue weighted by Crippen LogP contribution is -2.14. The molecule has 1 aromatic heterocycles. The molecule has 1 heterocycles. The number of hydrogen-bond donors (Lipinski definition) is 1. The van der Waals surface area contributed by atoms with Crippen LogP contribution in [0.1, 0.15) is 17.2 Å². The van der Waals surface area contributed by atoms with Gasteiger partial charge in [0.2, 0.25) is 0 Å². The predicted octanol–water partition coefficient (Wildman–Crippen LogP) is 3.86. The molecule has 0 aliphatic heterocycles. The van der Waals surface area contributed by atoms with Crippen LogP contribution < -0.4 is 5.73 Å². The zero-order valence-electron chi connectivity index (χ0n) is 11.1. The van der Waals surface area contributed by atoms with Crippen LogP contribution in [-0.4, -0.2) is 6.54 Å². The third-order valence-corrected chi connectivity index (χ3v) is 3.53. The second kappa shape index (κ2) is 5.47. The fourth-order valence-electron chi connectivity index (χ4n) is 2.48. The second-order valence-electron chi connectivity index (χ2n) is 4.94. The fraction of sp³-hybridized carbons (Fsp3) is 0.176. The van der Waals surface area contributed by atoms with Gasteiger partial charge in [-0.3, -0.25) is 0 Å². The van der Waals surface area contributed by atoms with Crippen LogP contribution in [0, 0.1) is 5.82 Å². The Kier molecular flexibility index (Phi) is 3.52. The summed E-state index contributed by atoms with van der Waals surface area (Å²) in [4.78, 5) is 0. The molecular formula is C17H16FNO. The van der Waals surface area contributed by atoms with Gasteiger partial charge in [-0.2, -0.15) is 0 Å². The summed E-state index contributed by atoms with van der Waals surface area (Å²) < 4.78 is 18.9. The Balaban J connectivity index is 1.87. The minimum atomic E-state index is -0.247. The predicted molar refractivity (Wildman–Crippen MR) is 78.1 cm³/mol. The first-order chi connectivity index (χ1) is 9.76. The lowest BCUT2D eigenvalue weighted by atomic mass is 9.95. The quantitative estimate of drug-likeness (QED) is 0.781. The average molecular weight is 269 g/mol. The number of rotatable bonds is 4. The Morgan fingerprint density at radius 2 is 1.85 bits per heavy atom. The maximum absolute atomic E-state index is 13.2. The van der Waals surface area contributed by atoms with E-state index in [4.69, 9.17) is 10.2 Å². The lowest BCUT2D eigenvalue weighted by molar-refractivity contribution is 0.517. The third-order valence-electron chi connectivity index (χ3n) is 3.53. The molecule has 1 unspecified atom stereocenters. The van der Waals surface area contributed by atoms with Crippen molar-refractivity contribution in [2.75, 3.05) is 6.54 Å². The van der Waals surface area contributed by atoms with E-state index in [1.165, 1.54) is 17.7 Å². The minimum absolute atomic E-state index is 0.210. The number of furan rings is 1. The van der Waals surface area contributed by atoms with Crippen LogP contribution in [0.5, 0.6) is 0 Å². The molecule has 3 rings (SSSR count). The van der Waals surface area contributed by atoms with Crippen molar-refractivity contribution in [1.82, 2.24) is 0 Å². The van der Waals surface area contributed by atoms with Crippen molar-refractivity contribution in [2.45, 2.75) is 12.3 Å². The standard InChI is InChI=1S/C17H16FNO/c18-15-6-7-17-13(8-15)9-16(20-17)10-14(11-19)12-4-2-1-3-5-12/h1-9,14H,10-11,19H2. The maximum atomic E-state index is 13.2. The summed E-state index contributed by atoms with van der Waals surface area (Å²) in [5.41, 5.74) is 7.78. The molecule has 2 N–H and O–H groups in total. The van der Waals surface area contributed by atoms with Gasteiger partial charge < -0.3 is 10.2 Å². The van der Waals surface area contributed by atoms with Crippen LogP contribution in [-0.2, 0) is 6.42 Å². The second-order valence-corrected chi connectivity index (χ2v) is 4.94.